The Morgan fingerprint density at radius 2 is 1.79 bits per heavy atom. The molecule has 148 valence electrons. The molecule has 0 aliphatic carbocycles. The molecule has 2 aromatic rings. The van der Waals surface area contributed by atoms with Crippen LogP contribution in [-0.4, -0.2) is 29.8 Å². The summed E-state index contributed by atoms with van der Waals surface area (Å²) in [6.45, 7) is 0. The first kappa shape index (κ1) is 19.7. The number of likely N-dealkylation sites (tertiary alicyclic amines) is 1. The maximum atomic E-state index is 14.0. The van der Waals surface area contributed by atoms with Gasteiger partial charge in [-0.15, -0.1) is 0 Å². The number of nitrogens with zero attached hydrogens (tertiary/aromatic N) is 1. The van der Waals surface area contributed by atoms with E-state index in [0.29, 0.717) is 6.42 Å². The van der Waals surface area contributed by atoms with Crippen LogP contribution in [0.5, 0.6) is 11.5 Å². The standard InChI is InChI=1S/C19H16F4N2O3/c1-25-16(8-9-17(25)26)18(27)24-15-10-13(6-7-14(15)20)28-12-4-2-11(3-5-12)19(21,22)23/h2-7,10,16H,8-9H2,1H3,(H,24,27). The molecule has 0 radical (unpaired) electrons. The van der Waals surface area contributed by atoms with E-state index in [-0.39, 0.29) is 29.5 Å². The number of likely N-dealkylation sites (N-methyl/N-ethyl adjacent to an activating group) is 1. The maximum absolute atomic E-state index is 14.0. The molecular weight excluding hydrogens is 380 g/mol. The molecule has 1 aliphatic heterocycles. The Morgan fingerprint density at radius 1 is 1.14 bits per heavy atom. The van der Waals surface area contributed by atoms with Gasteiger partial charge in [-0.05, 0) is 42.8 Å². The van der Waals surface area contributed by atoms with Crippen LogP contribution >= 0.6 is 0 Å². The van der Waals surface area contributed by atoms with E-state index in [1.165, 1.54) is 24.1 Å². The van der Waals surface area contributed by atoms with Gasteiger partial charge >= 0.3 is 6.18 Å². The molecule has 1 aliphatic rings. The van der Waals surface area contributed by atoms with Gasteiger partial charge in [-0.25, -0.2) is 4.39 Å². The fraction of sp³-hybridized carbons (Fsp3) is 0.263. The van der Waals surface area contributed by atoms with Gasteiger partial charge in [0, 0.05) is 19.5 Å². The van der Waals surface area contributed by atoms with E-state index in [1.807, 2.05) is 0 Å². The summed E-state index contributed by atoms with van der Waals surface area (Å²) in [5, 5.41) is 2.42. The average molecular weight is 396 g/mol. The number of halogens is 4. The van der Waals surface area contributed by atoms with Gasteiger partial charge in [0.05, 0.1) is 11.3 Å². The molecule has 28 heavy (non-hydrogen) atoms. The zero-order chi connectivity index (χ0) is 20.5. The molecule has 5 nitrogen and oxygen atoms in total. The third-order valence-corrected chi connectivity index (χ3v) is 4.41. The molecular formula is C19H16F4N2O3. The molecule has 1 saturated heterocycles. The first-order valence-electron chi connectivity index (χ1n) is 8.36. The second kappa shape index (κ2) is 7.49. The first-order valence-corrected chi connectivity index (χ1v) is 8.36. The summed E-state index contributed by atoms with van der Waals surface area (Å²) >= 11 is 0. The van der Waals surface area contributed by atoms with E-state index in [1.54, 1.807) is 0 Å². The van der Waals surface area contributed by atoms with Crippen LogP contribution in [0.1, 0.15) is 18.4 Å². The number of alkyl halides is 3. The summed E-state index contributed by atoms with van der Waals surface area (Å²) in [6, 6.07) is 6.91. The van der Waals surface area contributed by atoms with Gasteiger partial charge in [0.25, 0.3) is 0 Å². The summed E-state index contributed by atoms with van der Waals surface area (Å²) in [5.74, 6) is -1.15. The number of hydrogen-bond donors (Lipinski definition) is 1. The van der Waals surface area contributed by atoms with Crippen LogP contribution in [0, 0.1) is 5.82 Å². The van der Waals surface area contributed by atoms with Crippen molar-refractivity contribution in [2.24, 2.45) is 0 Å². The smallest absolute Gasteiger partial charge is 0.416 e. The summed E-state index contributed by atoms with van der Waals surface area (Å²) in [6.07, 6.45) is -3.88. The van der Waals surface area contributed by atoms with E-state index < -0.39 is 29.5 Å². The average Bonchev–Trinajstić information content (AvgIpc) is 2.97. The second-order valence-corrected chi connectivity index (χ2v) is 6.31. The number of hydrogen-bond acceptors (Lipinski definition) is 3. The summed E-state index contributed by atoms with van der Waals surface area (Å²) < 4.78 is 57.3. The number of anilines is 1. The van der Waals surface area contributed by atoms with E-state index in [4.69, 9.17) is 4.74 Å². The van der Waals surface area contributed by atoms with Crippen LogP contribution < -0.4 is 10.1 Å². The van der Waals surface area contributed by atoms with Gasteiger partial charge in [0.1, 0.15) is 23.4 Å². The predicted octanol–water partition coefficient (Wildman–Crippen LogP) is 4.20. The monoisotopic (exact) mass is 396 g/mol. The third-order valence-electron chi connectivity index (χ3n) is 4.41. The fourth-order valence-corrected chi connectivity index (χ4v) is 2.84. The molecule has 1 heterocycles. The Labute approximate surface area is 157 Å². The Balaban J connectivity index is 1.73. The Morgan fingerprint density at radius 3 is 2.36 bits per heavy atom. The van der Waals surface area contributed by atoms with Crippen molar-refractivity contribution >= 4 is 17.5 Å². The Kier molecular flexibility index (Phi) is 5.26. The van der Waals surface area contributed by atoms with Crippen molar-refractivity contribution in [2.75, 3.05) is 12.4 Å². The molecule has 1 unspecified atom stereocenters. The summed E-state index contributed by atoms with van der Waals surface area (Å²) in [4.78, 5) is 25.1. The Bertz CT molecular complexity index is 897. The van der Waals surface area contributed by atoms with Crippen LogP contribution in [-0.2, 0) is 15.8 Å². The zero-order valence-corrected chi connectivity index (χ0v) is 14.7. The number of rotatable bonds is 4. The molecule has 1 atom stereocenters. The van der Waals surface area contributed by atoms with Gasteiger partial charge in [-0.2, -0.15) is 13.2 Å². The number of nitrogens with one attached hydrogen (secondary N) is 1. The van der Waals surface area contributed by atoms with E-state index in [0.717, 1.165) is 30.3 Å². The van der Waals surface area contributed by atoms with Crippen molar-refractivity contribution in [2.45, 2.75) is 25.1 Å². The van der Waals surface area contributed by atoms with E-state index >= 15 is 0 Å². The van der Waals surface area contributed by atoms with Crippen LogP contribution in [0.15, 0.2) is 42.5 Å². The first-order chi connectivity index (χ1) is 13.1. The van der Waals surface area contributed by atoms with Crippen molar-refractivity contribution in [3.63, 3.8) is 0 Å². The minimum Gasteiger partial charge on any atom is -0.457 e. The number of ether oxygens (including phenoxy) is 1. The van der Waals surface area contributed by atoms with Gasteiger partial charge in [-0.1, -0.05) is 0 Å². The van der Waals surface area contributed by atoms with Crippen molar-refractivity contribution in [1.82, 2.24) is 4.90 Å². The highest BCUT2D eigenvalue weighted by Gasteiger charge is 2.33. The molecule has 0 saturated carbocycles. The lowest BCUT2D eigenvalue weighted by atomic mass is 10.2. The number of carbonyl (C=O) groups excluding carboxylic acids is 2. The minimum absolute atomic E-state index is 0.123. The van der Waals surface area contributed by atoms with E-state index in [9.17, 15) is 27.2 Å². The van der Waals surface area contributed by atoms with Gasteiger partial charge in [0.15, 0.2) is 0 Å². The minimum atomic E-state index is -4.46. The van der Waals surface area contributed by atoms with Gasteiger partial charge in [-0.3, -0.25) is 9.59 Å². The largest absolute Gasteiger partial charge is 0.457 e. The van der Waals surface area contributed by atoms with Crippen LogP contribution in [0.25, 0.3) is 0 Å². The molecule has 0 bridgehead atoms. The Hall–Kier alpha value is -3.10. The lowest BCUT2D eigenvalue weighted by Crippen LogP contribution is -2.39. The highest BCUT2D eigenvalue weighted by Crippen LogP contribution is 2.32. The van der Waals surface area contributed by atoms with Gasteiger partial charge < -0.3 is 15.0 Å². The molecule has 3 rings (SSSR count). The molecule has 0 aromatic heterocycles. The van der Waals surface area contributed by atoms with Crippen LogP contribution in [0.4, 0.5) is 23.2 Å². The number of carbonyl (C=O) groups is 2. The molecule has 2 amide bonds. The van der Waals surface area contributed by atoms with Gasteiger partial charge in [0.2, 0.25) is 11.8 Å². The lowest BCUT2D eigenvalue weighted by Gasteiger charge is -2.19. The number of benzene rings is 2. The lowest BCUT2D eigenvalue weighted by molar-refractivity contribution is -0.137. The fourth-order valence-electron chi connectivity index (χ4n) is 2.84. The molecule has 2 aromatic carbocycles. The van der Waals surface area contributed by atoms with Crippen molar-refractivity contribution in [3.8, 4) is 11.5 Å². The molecule has 9 heteroatoms. The van der Waals surface area contributed by atoms with Crippen molar-refractivity contribution in [1.29, 1.82) is 0 Å². The summed E-state index contributed by atoms with van der Waals surface area (Å²) in [5.41, 5.74) is -0.968. The number of amides is 2. The maximum Gasteiger partial charge on any atom is 0.416 e. The predicted molar refractivity (Wildman–Crippen MR) is 92.3 cm³/mol. The second-order valence-electron chi connectivity index (χ2n) is 6.31. The third kappa shape index (κ3) is 4.24. The topological polar surface area (TPSA) is 58.6 Å². The quantitative estimate of drug-likeness (QED) is 0.789. The van der Waals surface area contributed by atoms with E-state index in [2.05, 4.69) is 5.32 Å². The highest BCUT2D eigenvalue weighted by molar-refractivity contribution is 5.99. The van der Waals surface area contributed by atoms with Crippen molar-refractivity contribution in [3.05, 3.63) is 53.8 Å². The van der Waals surface area contributed by atoms with Crippen molar-refractivity contribution < 1.29 is 31.9 Å². The molecule has 1 fully saturated rings. The normalized spacial score (nSPS) is 17.0. The SMILES string of the molecule is CN1C(=O)CCC1C(=O)Nc1cc(Oc2ccc(C(F)(F)F)cc2)ccc1F. The molecule has 0 spiro atoms. The highest BCUT2D eigenvalue weighted by atomic mass is 19.4. The molecule has 1 N–H and O–H groups in total. The van der Waals surface area contributed by atoms with Crippen LogP contribution in [0.3, 0.4) is 0 Å². The van der Waals surface area contributed by atoms with Crippen LogP contribution in [0.2, 0.25) is 0 Å². The zero-order valence-electron chi connectivity index (χ0n) is 14.7. The summed E-state index contributed by atoms with van der Waals surface area (Å²) in [7, 11) is 1.50.